The Morgan fingerprint density at radius 1 is 1.18 bits per heavy atom. The molecule has 1 amide bonds. The van der Waals surface area contributed by atoms with E-state index in [1.165, 1.54) is 28.5 Å². The highest BCUT2D eigenvalue weighted by Gasteiger charge is 2.26. The monoisotopic (exact) mass is 720 g/mol. The molecule has 0 spiro atoms. The fourth-order valence-electron chi connectivity index (χ4n) is 5.02. The van der Waals surface area contributed by atoms with Gasteiger partial charge in [-0.2, -0.15) is 5.21 Å². The minimum absolute atomic E-state index is 0.0917. The molecule has 16 heteroatoms. The van der Waals surface area contributed by atoms with E-state index in [4.69, 9.17) is 15.9 Å². The van der Waals surface area contributed by atoms with Crippen LogP contribution in [0.25, 0.3) is 10.9 Å². The highest BCUT2D eigenvalue weighted by Crippen LogP contribution is 2.25. The van der Waals surface area contributed by atoms with Crippen LogP contribution in [-0.4, -0.2) is 73.0 Å². The highest BCUT2D eigenvalue weighted by atomic mass is 32.2. The van der Waals surface area contributed by atoms with Crippen LogP contribution in [0.15, 0.2) is 40.3 Å². The maximum absolute atomic E-state index is 15.6. The van der Waals surface area contributed by atoms with Gasteiger partial charge in [-0.3, -0.25) is 19.0 Å². The lowest BCUT2D eigenvalue weighted by Gasteiger charge is -2.24. The van der Waals surface area contributed by atoms with Gasteiger partial charge in [-0.1, -0.05) is 17.7 Å². The summed E-state index contributed by atoms with van der Waals surface area (Å²) in [5, 5.41) is 16.9. The number of H-pyrrole nitrogens is 1. The lowest BCUT2D eigenvalue weighted by Crippen LogP contribution is -2.42. The number of carbonyl (C=O) groups excluding carboxylic acids is 3. The van der Waals surface area contributed by atoms with Crippen LogP contribution in [-0.2, 0) is 32.3 Å². The fourth-order valence-corrected chi connectivity index (χ4v) is 5.72. The summed E-state index contributed by atoms with van der Waals surface area (Å²) in [7, 11) is 0. The van der Waals surface area contributed by atoms with E-state index in [1.54, 1.807) is 57.7 Å². The van der Waals surface area contributed by atoms with E-state index in [1.807, 2.05) is 6.92 Å². The Morgan fingerprint density at radius 2 is 1.94 bits per heavy atom. The van der Waals surface area contributed by atoms with Gasteiger partial charge in [-0.05, 0) is 101 Å². The minimum Gasteiger partial charge on any atom is -0.464 e. The maximum atomic E-state index is 15.6. The minimum atomic E-state index is -0.996. The van der Waals surface area contributed by atoms with E-state index in [-0.39, 0.29) is 44.0 Å². The molecule has 51 heavy (non-hydrogen) atoms. The summed E-state index contributed by atoms with van der Waals surface area (Å²) in [6, 6.07) is 6.59. The van der Waals surface area contributed by atoms with Crippen molar-refractivity contribution in [2.45, 2.75) is 78.9 Å². The molecule has 2 heterocycles. The van der Waals surface area contributed by atoms with E-state index >= 15 is 4.39 Å². The quantitative estimate of drug-likeness (QED) is 0.0781. The number of anilines is 1. The van der Waals surface area contributed by atoms with Crippen LogP contribution in [0.2, 0.25) is 0 Å². The molecule has 270 valence electrons. The zero-order chi connectivity index (χ0) is 37.3. The molecule has 2 aromatic carbocycles. The first-order chi connectivity index (χ1) is 24.2. The maximum Gasteiger partial charge on any atom is 0.328 e. The molecule has 0 aliphatic rings. The second-order valence-electron chi connectivity index (χ2n) is 12.7. The van der Waals surface area contributed by atoms with Gasteiger partial charge in [0.2, 0.25) is 5.16 Å². The average molecular weight is 721 g/mol. The smallest absolute Gasteiger partial charge is 0.328 e. The third kappa shape index (κ3) is 9.91. The standard InChI is InChI=1S/C35H41FN8O6S/c1-8-14-43(19-23-17-26-29(16-21(23)3)37-22(4)44(31(26)46)20-50-33(48)35(5,6)7)24-12-13-25(27(36)18-24)30(45)38-28(32(47)49-9-2)11-10-15-51-34-39-41-42-40-34/h1,12-13,16-18,28H,9-11,14-15,19-20H2,2-7H3,(H,38,45)(H,39,40,41,42)/t28-/m0/s1. The first kappa shape index (κ1) is 38.5. The first-order valence-electron chi connectivity index (χ1n) is 16.2. The molecule has 1 atom stereocenters. The van der Waals surface area contributed by atoms with E-state index in [0.29, 0.717) is 39.7 Å². The topological polar surface area (TPSA) is 174 Å². The van der Waals surface area contributed by atoms with Crippen LogP contribution in [0.3, 0.4) is 0 Å². The van der Waals surface area contributed by atoms with Crippen LogP contribution in [0.4, 0.5) is 10.1 Å². The van der Waals surface area contributed by atoms with Crippen LogP contribution < -0.4 is 15.8 Å². The number of aromatic amines is 1. The molecule has 0 aliphatic carbocycles. The number of esters is 2. The average Bonchev–Trinajstić information content (AvgIpc) is 3.59. The van der Waals surface area contributed by atoms with Crippen molar-refractivity contribution in [2.24, 2.45) is 5.41 Å². The molecule has 2 N–H and O–H groups in total. The zero-order valence-corrected chi connectivity index (χ0v) is 30.2. The molecule has 0 bridgehead atoms. The number of carbonyl (C=O) groups is 3. The van der Waals surface area contributed by atoms with Gasteiger partial charge >= 0.3 is 11.9 Å². The molecular weight excluding hydrogens is 680 g/mol. The van der Waals surface area contributed by atoms with Gasteiger partial charge in [0.05, 0.1) is 35.0 Å². The van der Waals surface area contributed by atoms with Crippen LogP contribution >= 0.6 is 11.8 Å². The first-order valence-corrected chi connectivity index (χ1v) is 17.2. The van der Waals surface area contributed by atoms with Crippen molar-refractivity contribution in [3.63, 3.8) is 0 Å². The molecule has 0 saturated heterocycles. The van der Waals surface area contributed by atoms with Crippen molar-refractivity contribution in [1.82, 2.24) is 35.5 Å². The molecule has 4 rings (SSSR count). The van der Waals surface area contributed by atoms with Gasteiger partial charge < -0.3 is 19.7 Å². The molecule has 4 aromatic rings. The van der Waals surface area contributed by atoms with E-state index in [9.17, 15) is 19.2 Å². The van der Waals surface area contributed by atoms with E-state index < -0.39 is 35.1 Å². The largest absolute Gasteiger partial charge is 0.464 e. The number of thioether (sulfide) groups is 1. The predicted molar refractivity (Wildman–Crippen MR) is 189 cm³/mol. The van der Waals surface area contributed by atoms with Crippen molar-refractivity contribution in [3.8, 4) is 12.3 Å². The number of nitrogens with one attached hydrogen (secondary N) is 2. The van der Waals surface area contributed by atoms with Crippen molar-refractivity contribution in [3.05, 3.63) is 69.0 Å². The van der Waals surface area contributed by atoms with Crippen molar-refractivity contribution in [1.29, 1.82) is 0 Å². The summed E-state index contributed by atoms with van der Waals surface area (Å²) in [5.41, 5.74) is 1.06. The third-order valence-electron chi connectivity index (χ3n) is 7.82. The molecule has 0 unspecified atom stereocenters. The Bertz CT molecular complexity index is 1990. The van der Waals surface area contributed by atoms with Gasteiger partial charge in [0.15, 0.2) is 6.73 Å². The molecule has 0 aliphatic heterocycles. The second-order valence-corrected chi connectivity index (χ2v) is 13.7. The lowest BCUT2D eigenvalue weighted by molar-refractivity contribution is -0.157. The van der Waals surface area contributed by atoms with Crippen molar-refractivity contribution >= 4 is 46.2 Å². The number of rotatable bonds is 15. The van der Waals surface area contributed by atoms with Gasteiger partial charge in [0.1, 0.15) is 17.7 Å². The SMILES string of the molecule is C#CCN(Cc1cc2c(=O)n(COC(=O)C(C)(C)C)c(C)nc2cc1C)c1ccc(C(=O)N[C@@H](CCCSc2nn[nH]n2)C(=O)OCC)c(F)c1. The number of aromatic nitrogens is 6. The second kappa shape index (κ2) is 17.1. The molecular formula is C35H41FN8O6S. The van der Waals surface area contributed by atoms with Gasteiger partial charge in [0, 0.05) is 18.0 Å². The van der Waals surface area contributed by atoms with E-state index in [0.717, 1.165) is 11.1 Å². The zero-order valence-electron chi connectivity index (χ0n) is 29.4. The molecule has 2 aromatic heterocycles. The summed E-state index contributed by atoms with van der Waals surface area (Å²) >= 11 is 1.33. The Hall–Kier alpha value is -5.30. The summed E-state index contributed by atoms with van der Waals surface area (Å²) in [6.07, 6.45) is 6.44. The summed E-state index contributed by atoms with van der Waals surface area (Å²) in [6.45, 7) is 10.5. The number of amides is 1. The summed E-state index contributed by atoms with van der Waals surface area (Å²) in [4.78, 5) is 58.0. The number of halogens is 1. The predicted octanol–water partition coefficient (Wildman–Crippen LogP) is 4.09. The van der Waals surface area contributed by atoms with Gasteiger partial charge in [0.25, 0.3) is 11.5 Å². The molecule has 0 fully saturated rings. The summed E-state index contributed by atoms with van der Waals surface area (Å²) < 4.78 is 27.4. The van der Waals surface area contributed by atoms with Gasteiger partial charge in [-0.15, -0.1) is 16.6 Å². The third-order valence-corrected chi connectivity index (χ3v) is 8.74. The number of hydrogen-bond donors (Lipinski definition) is 2. The fraction of sp³-hybridized carbons (Fsp3) is 0.429. The Labute approximate surface area is 298 Å². The highest BCUT2D eigenvalue weighted by molar-refractivity contribution is 7.99. The van der Waals surface area contributed by atoms with Crippen LogP contribution in [0.1, 0.15) is 67.8 Å². The number of nitrogens with zero attached hydrogens (tertiary/aromatic N) is 6. The number of hydrogen-bond acceptors (Lipinski definition) is 12. The number of benzene rings is 2. The molecule has 0 saturated carbocycles. The van der Waals surface area contributed by atoms with E-state index in [2.05, 4.69) is 36.8 Å². The molecule has 0 radical (unpaired) electrons. The number of fused-ring (bicyclic) bond motifs is 1. The van der Waals surface area contributed by atoms with Crippen LogP contribution in [0, 0.1) is 37.4 Å². The Kier molecular flexibility index (Phi) is 12.9. The number of tetrazole rings is 1. The summed E-state index contributed by atoms with van der Waals surface area (Å²) in [5.74, 6) is 0.859. The number of ether oxygens (including phenoxy) is 2. The van der Waals surface area contributed by atoms with Crippen molar-refractivity contribution in [2.75, 3.05) is 23.8 Å². The lowest BCUT2D eigenvalue weighted by atomic mass is 9.98. The normalized spacial score (nSPS) is 11.9. The van der Waals surface area contributed by atoms with Gasteiger partial charge in [-0.25, -0.2) is 14.2 Å². The Morgan fingerprint density at radius 3 is 2.59 bits per heavy atom. The molecule has 14 nitrogen and oxygen atoms in total. The number of terminal acetylenes is 1. The van der Waals surface area contributed by atoms with Crippen molar-refractivity contribution < 1.29 is 28.2 Å². The Balaban J connectivity index is 1.53. The van der Waals surface area contributed by atoms with Crippen LogP contribution in [0.5, 0.6) is 0 Å². The number of aryl methyl sites for hydroxylation is 2.